The van der Waals surface area contributed by atoms with Crippen LogP contribution in [-0.4, -0.2) is 62.1 Å². The molecule has 30 heavy (non-hydrogen) atoms. The summed E-state index contributed by atoms with van der Waals surface area (Å²) in [6, 6.07) is 14.7. The van der Waals surface area contributed by atoms with E-state index < -0.39 is 15.9 Å². The number of anilines is 1. The minimum Gasteiger partial charge on any atom is -0.341 e. The maximum absolute atomic E-state index is 12.3. The second-order valence-electron chi connectivity index (χ2n) is 6.88. The van der Waals surface area contributed by atoms with Crippen LogP contribution in [0.3, 0.4) is 0 Å². The fraction of sp³-hybridized carbons (Fsp3) is 0.333. The Hall–Kier alpha value is -2.52. The molecule has 7 nitrogen and oxygen atoms in total. The summed E-state index contributed by atoms with van der Waals surface area (Å²) in [6.07, 6.45) is 0.342. The molecule has 0 bridgehead atoms. The van der Waals surface area contributed by atoms with Crippen molar-refractivity contribution in [3.8, 4) is 0 Å². The number of sulfone groups is 1. The summed E-state index contributed by atoms with van der Waals surface area (Å²) in [7, 11) is -3.44. The number of hydrogen-bond acceptors (Lipinski definition) is 5. The Bertz CT molecular complexity index is 958. The van der Waals surface area contributed by atoms with Crippen molar-refractivity contribution in [2.24, 2.45) is 0 Å². The van der Waals surface area contributed by atoms with Crippen LogP contribution in [-0.2, 0) is 21.1 Å². The number of nitrogens with one attached hydrogen (secondary N) is 2. The molecule has 3 rings (SSSR count). The van der Waals surface area contributed by atoms with Crippen molar-refractivity contribution in [2.75, 3.05) is 42.2 Å². The molecule has 3 amide bonds. The Balaban J connectivity index is 1.43. The summed E-state index contributed by atoms with van der Waals surface area (Å²) in [6.45, 7) is 1.59. The Kier molecular flexibility index (Phi) is 7.75. The lowest BCUT2D eigenvalue weighted by atomic mass is 10.1. The second-order valence-corrected chi connectivity index (χ2v) is 10.2. The van der Waals surface area contributed by atoms with Crippen molar-refractivity contribution in [3.05, 3.63) is 60.2 Å². The van der Waals surface area contributed by atoms with Gasteiger partial charge in [-0.15, -0.1) is 0 Å². The van der Waals surface area contributed by atoms with Gasteiger partial charge in [0.2, 0.25) is 5.91 Å². The second kappa shape index (κ2) is 10.5. The number of hydrogen-bond donors (Lipinski definition) is 2. The van der Waals surface area contributed by atoms with Crippen LogP contribution in [0.2, 0.25) is 0 Å². The minimum atomic E-state index is -3.44. The van der Waals surface area contributed by atoms with Crippen molar-refractivity contribution in [1.29, 1.82) is 0 Å². The Labute approximate surface area is 181 Å². The molecular formula is C21H25N3O4S2. The van der Waals surface area contributed by atoms with Crippen LogP contribution in [0.5, 0.6) is 0 Å². The van der Waals surface area contributed by atoms with E-state index in [-0.39, 0.29) is 23.1 Å². The molecule has 1 fully saturated rings. The van der Waals surface area contributed by atoms with Crippen LogP contribution in [0.25, 0.3) is 0 Å². The van der Waals surface area contributed by atoms with Crippen LogP contribution >= 0.6 is 11.8 Å². The highest BCUT2D eigenvalue weighted by atomic mass is 32.2. The summed E-state index contributed by atoms with van der Waals surface area (Å²) in [5.41, 5.74) is 1.46. The lowest BCUT2D eigenvalue weighted by molar-refractivity contribution is -0.130. The molecule has 0 unspecified atom stereocenters. The quantitative estimate of drug-likeness (QED) is 0.680. The number of urea groups is 1. The SMILES string of the molecule is O=C(NCCS(=O)(=O)c1ccccc1)Nc1ccc(CC(=O)N2CCSCC2)cc1. The largest absolute Gasteiger partial charge is 0.341 e. The number of carbonyl (C=O) groups excluding carboxylic acids is 2. The van der Waals surface area contributed by atoms with E-state index in [1.165, 1.54) is 12.1 Å². The lowest BCUT2D eigenvalue weighted by Crippen LogP contribution is -2.38. The van der Waals surface area contributed by atoms with Crippen LogP contribution < -0.4 is 10.6 Å². The predicted molar refractivity (Wildman–Crippen MR) is 120 cm³/mol. The molecule has 1 aliphatic rings. The van der Waals surface area contributed by atoms with Gasteiger partial charge in [-0.1, -0.05) is 30.3 Å². The van der Waals surface area contributed by atoms with Crippen molar-refractivity contribution < 1.29 is 18.0 Å². The maximum atomic E-state index is 12.3. The number of rotatable bonds is 7. The first kappa shape index (κ1) is 22.2. The first-order chi connectivity index (χ1) is 14.4. The monoisotopic (exact) mass is 447 g/mol. The number of benzene rings is 2. The Morgan fingerprint density at radius 1 is 0.967 bits per heavy atom. The molecule has 2 N–H and O–H groups in total. The summed E-state index contributed by atoms with van der Waals surface area (Å²) in [5, 5.41) is 5.22. The van der Waals surface area contributed by atoms with E-state index in [1.54, 1.807) is 30.3 Å². The van der Waals surface area contributed by atoms with Gasteiger partial charge in [0.05, 0.1) is 17.1 Å². The third-order valence-corrected chi connectivity index (χ3v) is 7.36. The van der Waals surface area contributed by atoms with Gasteiger partial charge >= 0.3 is 6.03 Å². The molecule has 0 saturated carbocycles. The van der Waals surface area contributed by atoms with E-state index in [9.17, 15) is 18.0 Å². The maximum Gasteiger partial charge on any atom is 0.319 e. The zero-order chi connectivity index (χ0) is 21.4. The topological polar surface area (TPSA) is 95.6 Å². The fourth-order valence-corrected chi connectivity index (χ4v) is 5.11. The van der Waals surface area contributed by atoms with Crippen LogP contribution in [0.4, 0.5) is 10.5 Å². The third kappa shape index (κ3) is 6.50. The molecule has 2 aromatic rings. The van der Waals surface area contributed by atoms with Crippen LogP contribution in [0.1, 0.15) is 5.56 Å². The first-order valence-corrected chi connectivity index (χ1v) is 12.5. The summed E-state index contributed by atoms with van der Waals surface area (Å²) in [4.78, 5) is 26.5. The van der Waals surface area contributed by atoms with Crippen molar-refractivity contribution >= 4 is 39.2 Å². The van der Waals surface area contributed by atoms with Gasteiger partial charge in [-0.05, 0) is 29.8 Å². The normalized spacial score (nSPS) is 14.2. The van der Waals surface area contributed by atoms with Gasteiger partial charge < -0.3 is 15.5 Å². The zero-order valence-electron chi connectivity index (χ0n) is 16.5. The van der Waals surface area contributed by atoms with Gasteiger partial charge in [0, 0.05) is 36.8 Å². The standard InChI is InChI=1S/C21H25N3O4S2/c25-20(24-11-13-29-14-12-24)16-17-6-8-18(9-7-17)23-21(26)22-10-15-30(27,28)19-4-2-1-3-5-19/h1-9H,10-16H2,(H2,22,23,26). The molecule has 2 aromatic carbocycles. The summed E-state index contributed by atoms with van der Waals surface area (Å²) < 4.78 is 24.4. The van der Waals surface area contributed by atoms with Crippen LogP contribution in [0, 0.1) is 0 Å². The van der Waals surface area contributed by atoms with Gasteiger partial charge in [0.1, 0.15) is 0 Å². The fourth-order valence-electron chi connectivity index (χ4n) is 3.03. The van der Waals surface area contributed by atoms with E-state index in [0.717, 1.165) is 30.2 Å². The van der Waals surface area contributed by atoms with Crippen molar-refractivity contribution in [3.63, 3.8) is 0 Å². The molecule has 1 saturated heterocycles. The summed E-state index contributed by atoms with van der Waals surface area (Å²) >= 11 is 1.86. The average Bonchev–Trinajstić information content (AvgIpc) is 2.76. The smallest absolute Gasteiger partial charge is 0.319 e. The van der Waals surface area contributed by atoms with E-state index in [4.69, 9.17) is 0 Å². The van der Waals surface area contributed by atoms with E-state index in [0.29, 0.717) is 12.1 Å². The highest BCUT2D eigenvalue weighted by Gasteiger charge is 2.17. The van der Waals surface area contributed by atoms with Gasteiger partial charge in [-0.25, -0.2) is 13.2 Å². The minimum absolute atomic E-state index is 0.00374. The van der Waals surface area contributed by atoms with Gasteiger partial charge in [0.15, 0.2) is 9.84 Å². The van der Waals surface area contributed by atoms with E-state index in [1.807, 2.05) is 28.8 Å². The number of nitrogens with zero attached hydrogens (tertiary/aromatic N) is 1. The number of thioether (sulfide) groups is 1. The van der Waals surface area contributed by atoms with Gasteiger partial charge in [-0.2, -0.15) is 11.8 Å². The molecule has 1 aliphatic heterocycles. The molecule has 0 aliphatic carbocycles. The van der Waals surface area contributed by atoms with Crippen molar-refractivity contribution in [2.45, 2.75) is 11.3 Å². The zero-order valence-corrected chi connectivity index (χ0v) is 18.2. The van der Waals surface area contributed by atoms with E-state index >= 15 is 0 Å². The van der Waals surface area contributed by atoms with Crippen molar-refractivity contribution in [1.82, 2.24) is 10.2 Å². The Morgan fingerprint density at radius 2 is 1.63 bits per heavy atom. The lowest BCUT2D eigenvalue weighted by Gasteiger charge is -2.26. The molecule has 0 aromatic heterocycles. The first-order valence-electron chi connectivity index (χ1n) is 9.71. The molecule has 9 heteroatoms. The molecule has 0 spiro atoms. The van der Waals surface area contributed by atoms with E-state index in [2.05, 4.69) is 10.6 Å². The van der Waals surface area contributed by atoms with Crippen LogP contribution in [0.15, 0.2) is 59.5 Å². The number of amides is 3. The Morgan fingerprint density at radius 3 is 2.30 bits per heavy atom. The molecule has 0 radical (unpaired) electrons. The molecule has 160 valence electrons. The molecule has 0 atom stereocenters. The third-order valence-electron chi connectivity index (χ3n) is 4.69. The number of carbonyl (C=O) groups is 2. The average molecular weight is 448 g/mol. The van der Waals surface area contributed by atoms with Gasteiger partial charge in [0.25, 0.3) is 0 Å². The molecule has 1 heterocycles. The highest BCUT2D eigenvalue weighted by Crippen LogP contribution is 2.14. The predicted octanol–water partition coefficient (Wildman–Crippen LogP) is 2.40. The highest BCUT2D eigenvalue weighted by molar-refractivity contribution is 7.99. The van der Waals surface area contributed by atoms with Gasteiger partial charge in [-0.3, -0.25) is 4.79 Å². The molecular weight excluding hydrogens is 422 g/mol. The summed E-state index contributed by atoms with van der Waals surface area (Å²) in [5.74, 6) is 1.90.